The number of aryl methyl sites for hydroxylation is 2. The summed E-state index contributed by atoms with van der Waals surface area (Å²) in [6, 6.07) is 11.3. The minimum atomic E-state index is -0.528. The number of hydrogen-bond donors (Lipinski definition) is 3. The molecule has 5 N–H and O–H groups in total. The number of carbonyl (C=O) groups excluding carboxylic acids is 2. The fourth-order valence-electron chi connectivity index (χ4n) is 3.34. The first-order chi connectivity index (χ1) is 14.3. The Kier molecular flexibility index (Phi) is 6.56. The predicted molar refractivity (Wildman–Crippen MR) is 117 cm³/mol. The Balaban J connectivity index is 1.57. The van der Waals surface area contributed by atoms with Crippen LogP contribution in [0.15, 0.2) is 54.4 Å². The zero-order valence-corrected chi connectivity index (χ0v) is 17.3. The molecule has 0 radical (unpaired) electrons. The molecule has 158 valence electrons. The van der Waals surface area contributed by atoms with Gasteiger partial charge in [0.2, 0.25) is 11.8 Å². The molecule has 0 spiro atoms. The third-order valence-corrected chi connectivity index (χ3v) is 4.96. The molecule has 3 rings (SSSR count). The molecule has 0 fully saturated rings. The summed E-state index contributed by atoms with van der Waals surface area (Å²) in [6.45, 7) is 5.03. The summed E-state index contributed by atoms with van der Waals surface area (Å²) in [5.41, 5.74) is 14.2. The number of carbonyl (C=O) groups is 2. The van der Waals surface area contributed by atoms with Gasteiger partial charge >= 0.3 is 0 Å². The first kappa shape index (κ1) is 21.2. The lowest BCUT2D eigenvalue weighted by Crippen LogP contribution is -2.40. The van der Waals surface area contributed by atoms with Crippen LogP contribution in [-0.4, -0.2) is 28.1 Å². The monoisotopic (exact) mass is 408 g/mol. The lowest BCUT2D eigenvalue weighted by atomic mass is 10.1. The molecule has 1 aliphatic rings. The highest BCUT2D eigenvalue weighted by atomic mass is 16.2. The molecule has 1 atom stereocenters. The van der Waals surface area contributed by atoms with Gasteiger partial charge in [-0.2, -0.15) is 5.10 Å². The second-order valence-corrected chi connectivity index (χ2v) is 7.47. The number of hydrogen-bond acceptors (Lipinski definition) is 5. The molecule has 8 heteroatoms. The Morgan fingerprint density at radius 1 is 1.20 bits per heavy atom. The minimum absolute atomic E-state index is 0.0886. The van der Waals surface area contributed by atoms with Crippen molar-refractivity contribution in [3.05, 3.63) is 65.6 Å². The summed E-state index contributed by atoms with van der Waals surface area (Å²) < 4.78 is 1.84. The number of nitrogens with zero attached hydrogens (tertiary/aromatic N) is 3. The van der Waals surface area contributed by atoms with E-state index in [9.17, 15) is 9.59 Å². The molecular weight excluding hydrogens is 380 g/mol. The largest absolute Gasteiger partial charge is 0.398 e. The van der Waals surface area contributed by atoms with Crippen molar-refractivity contribution in [3.63, 3.8) is 0 Å². The number of nitrogens with one attached hydrogen (secondary N) is 1. The molecule has 0 saturated heterocycles. The molecule has 8 nitrogen and oxygen atoms in total. The van der Waals surface area contributed by atoms with E-state index in [1.165, 1.54) is 0 Å². The van der Waals surface area contributed by atoms with Crippen LogP contribution in [0.2, 0.25) is 0 Å². The van der Waals surface area contributed by atoms with Crippen molar-refractivity contribution in [2.75, 3.05) is 11.4 Å². The van der Waals surface area contributed by atoms with Crippen LogP contribution in [0.4, 0.5) is 5.82 Å². The van der Waals surface area contributed by atoms with Gasteiger partial charge in [-0.3, -0.25) is 14.5 Å². The first-order valence-corrected chi connectivity index (χ1v) is 9.99. The SMILES string of the molecule is Cc1cc2n(n1)CCCN2C(=O)CC(C)C(=O)N/C(N)=C/C=C(\N)c1ccccc1. The molecule has 1 aromatic carbocycles. The van der Waals surface area contributed by atoms with Gasteiger partial charge in [0.05, 0.1) is 5.69 Å². The highest BCUT2D eigenvalue weighted by molar-refractivity contribution is 5.95. The van der Waals surface area contributed by atoms with Crippen LogP contribution in [0.3, 0.4) is 0 Å². The molecule has 0 saturated carbocycles. The number of allylic oxidation sites excluding steroid dienone is 2. The topological polar surface area (TPSA) is 119 Å². The van der Waals surface area contributed by atoms with Crippen LogP contribution in [-0.2, 0) is 16.1 Å². The van der Waals surface area contributed by atoms with Crippen molar-refractivity contribution in [1.29, 1.82) is 0 Å². The molecule has 1 aliphatic heterocycles. The van der Waals surface area contributed by atoms with Gasteiger partial charge in [0.25, 0.3) is 0 Å². The molecule has 0 aliphatic carbocycles. The van der Waals surface area contributed by atoms with Gasteiger partial charge in [-0.25, -0.2) is 4.68 Å². The summed E-state index contributed by atoms with van der Waals surface area (Å²) in [5, 5.41) is 7.03. The van der Waals surface area contributed by atoms with Crippen molar-refractivity contribution in [1.82, 2.24) is 15.1 Å². The Labute approximate surface area is 176 Å². The van der Waals surface area contributed by atoms with Crippen LogP contribution < -0.4 is 21.7 Å². The number of fused-ring (bicyclic) bond motifs is 1. The van der Waals surface area contributed by atoms with E-state index in [0.29, 0.717) is 12.2 Å². The standard InChI is InChI=1S/C22H28N6O2/c1-15(13-21(29)27-11-6-12-28-20(27)14-16(2)26-28)22(30)25-19(24)10-9-18(23)17-7-4-3-5-8-17/h3-5,7-10,14-15H,6,11-13,23-24H2,1-2H3,(H,25,30)/b18-9-,19-10+. The third-order valence-electron chi connectivity index (χ3n) is 4.96. The van der Waals surface area contributed by atoms with Crippen molar-refractivity contribution < 1.29 is 9.59 Å². The number of anilines is 1. The van der Waals surface area contributed by atoms with E-state index < -0.39 is 5.92 Å². The Morgan fingerprint density at radius 2 is 1.93 bits per heavy atom. The van der Waals surface area contributed by atoms with Crippen LogP contribution in [0.1, 0.15) is 31.0 Å². The first-order valence-electron chi connectivity index (χ1n) is 9.99. The lowest BCUT2D eigenvalue weighted by molar-refractivity contribution is -0.128. The van der Waals surface area contributed by atoms with Gasteiger partial charge in [-0.15, -0.1) is 0 Å². The molecule has 2 amide bonds. The molecule has 2 aromatic rings. The molecular formula is C22H28N6O2. The predicted octanol–water partition coefficient (Wildman–Crippen LogP) is 1.87. The van der Waals surface area contributed by atoms with Gasteiger partial charge in [0.1, 0.15) is 11.6 Å². The van der Waals surface area contributed by atoms with Gasteiger partial charge in [0, 0.05) is 37.2 Å². The summed E-state index contributed by atoms with van der Waals surface area (Å²) in [5.74, 6) is 0.0150. The molecule has 2 heterocycles. The minimum Gasteiger partial charge on any atom is -0.398 e. The summed E-state index contributed by atoms with van der Waals surface area (Å²) in [7, 11) is 0. The van der Waals surface area contributed by atoms with Crippen molar-refractivity contribution >= 4 is 23.3 Å². The van der Waals surface area contributed by atoms with E-state index in [0.717, 1.165) is 30.0 Å². The van der Waals surface area contributed by atoms with Crippen molar-refractivity contribution in [2.24, 2.45) is 17.4 Å². The number of amides is 2. The molecule has 1 aromatic heterocycles. The number of aromatic nitrogens is 2. The summed E-state index contributed by atoms with van der Waals surface area (Å²) in [6.07, 6.45) is 4.11. The maximum Gasteiger partial charge on any atom is 0.228 e. The van der Waals surface area contributed by atoms with E-state index in [4.69, 9.17) is 11.5 Å². The maximum absolute atomic E-state index is 12.8. The fourth-order valence-corrected chi connectivity index (χ4v) is 3.34. The zero-order chi connectivity index (χ0) is 21.7. The zero-order valence-electron chi connectivity index (χ0n) is 17.3. The lowest BCUT2D eigenvalue weighted by Gasteiger charge is -2.28. The van der Waals surface area contributed by atoms with Gasteiger partial charge in [-0.1, -0.05) is 37.3 Å². The van der Waals surface area contributed by atoms with Crippen LogP contribution >= 0.6 is 0 Å². The van der Waals surface area contributed by atoms with Crippen molar-refractivity contribution in [3.8, 4) is 0 Å². The Bertz CT molecular complexity index is 977. The van der Waals surface area contributed by atoms with Gasteiger partial charge in [-0.05, 0) is 31.1 Å². The second-order valence-electron chi connectivity index (χ2n) is 7.47. The molecule has 1 unspecified atom stereocenters. The van der Waals surface area contributed by atoms with Crippen molar-refractivity contribution in [2.45, 2.75) is 33.2 Å². The smallest absolute Gasteiger partial charge is 0.228 e. The van der Waals surface area contributed by atoms with Crippen LogP contribution in [0, 0.1) is 12.8 Å². The van der Waals surface area contributed by atoms with Gasteiger partial charge in [0.15, 0.2) is 0 Å². The summed E-state index contributed by atoms with van der Waals surface area (Å²) >= 11 is 0. The highest BCUT2D eigenvalue weighted by Crippen LogP contribution is 2.23. The maximum atomic E-state index is 12.8. The number of benzene rings is 1. The van der Waals surface area contributed by atoms with Crippen LogP contribution in [0.5, 0.6) is 0 Å². The van der Waals surface area contributed by atoms with E-state index in [1.54, 1.807) is 24.0 Å². The molecule has 0 bridgehead atoms. The normalized spacial score (nSPS) is 15.5. The number of nitrogens with two attached hydrogens (primary N) is 2. The quantitative estimate of drug-likeness (QED) is 0.631. The van der Waals surface area contributed by atoms with E-state index in [-0.39, 0.29) is 24.1 Å². The van der Waals surface area contributed by atoms with E-state index >= 15 is 0 Å². The van der Waals surface area contributed by atoms with Crippen LogP contribution in [0.25, 0.3) is 5.70 Å². The van der Waals surface area contributed by atoms with Gasteiger partial charge < -0.3 is 16.8 Å². The Hall–Kier alpha value is -3.55. The molecule has 30 heavy (non-hydrogen) atoms. The average molecular weight is 409 g/mol. The Morgan fingerprint density at radius 3 is 2.67 bits per heavy atom. The number of rotatable bonds is 6. The summed E-state index contributed by atoms with van der Waals surface area (Å²) in [4.78, 5) is 26.9. The average Bonchev–Trinajstić information content (AvgIpc) is 3.12. The van der Waals surface area contributed by atoms with E-state index in [2.05, 4.69) is 10.4 Å². The highest BCUT2D eigenvalue weighted by Gasteiger charge is 2.27. The second kappa shape index (κ2) is 9.30. The fraction of sp³-hybridized carbons (Fsp3) is 0.318. The third kappa shape index (κ3) is 5.08. The van der Waals surface area contributed by atoms with E-state index in [1.807, 2.05) is 48.0 Å².